The van der Waals surface area contributed by atoms with Crippen molar-refractivity contribution < 1.29 is 14.7 Å². The molecule has 1 amide bonds. The van der Waals surface area contributed by atoms with Gasteiger partial charge in [-0.2, -0.15) is 0 Å². The molecule has 0 fully saturated rings. The first-order chi connectivity index (χ1) is 6.97. The second-order valence-corrected chi connectivity index (χ2v) is 4.00. The summed E-state index contributed by atoms with van der Waals surface area (Å²) in [6.45, 7) is 4.35. The van der Waals surface area contributed by atoms with Crippen molar-refractivity contribution >= 4 is 11.9 Å². The molecule has 3 N–H and O–H groups in total. The van der Waals surface area contributed by atoms with Crippen molar-refractivity contribution in [3.8, 4) is 0 Å². The molecular formula is C10H20N2O3. The van der Waals surface area contributed by atoms with Crippen LogP contribution in [0.2, 0.25) is 0 Å². The Kier molecular flexibility index (Phi) is 6.70. The van der Waals surface area contributed by atoms with Crippen LogP contribution in [0.25, 0.3) is 0 Å². The monoisotopic (exact) mass is 216 g/mol. The van der Waals surface area contributed by atoms with E-state index in [1.54, 1.807) is 7.05 Å². The van der Waals surface area contributed by atoms with E-state index in [0.717, 1.165) is 0 Å². The van der Waals surface area contributed by atoms with Crippen molar-refractivity contribution in [3.63, 3.8) is 0 Å². The third-order valence-corrected chi connectivity index (χ3v) is 1.99. The molecule has 15 heavy (non-hydrogen) atoms. The first-order valence-corrected chi connectivity index (χ1v) is 5.11. The van der Waals surface area contributed by atoms with Gasteiger partial charge in [0, 0.05) is 6.54 Å². The fourth-order valence-electron chi connectivity index (χ4n) is 1.30. The largest absolute Gasteiger partial charge is 0.481 e. The van der Waals surface area contributed by atoms with Crippen LogP contribution in [0.15, 0.2) is 0 Å². The average Bonchev–Trinajstić information content (AvgIpc) is 2.11. The first-order valence-electron chi connectivity index (χ1n) is 5.11. The van der Waals surface area contributed by atoms with E-state index in [9.17, 15) is 9.59 Å². The molecule has 1 atom stereocenters. The topological polar surface area (TPSA) is 78.4 Å². The highest BCUT2D eigenvalue weighted by atomic mass is 16.4. The number of carbonyl (C=O) groups is 2. The lowest BCUT2D eigenvalue weighted by atomic mass is 9.97. The van der Waals surface area contributed by atoms with E-state index in [2.05, 4.69) is 10.6 Å². The van der Waals surface area contributed by atoms with E-state index in [0.29, 0.717) is 12.3 Å². The molecule has 0 rings (SSSR count). The van der Waals surface area contributed by atoms with Crippen LogP contribution in [-0.2, 0) is 9.59 Å². The Balaban J connectivity index is 3.96. The fourth-order valence-corrected chi connectivity index (χ4v) is 1.30. The van der Waals surface area contributed by atoms with Gasteiger partial charge in [0.25, 0.3) is 0 Å². The van der Waals surface area contributed by atoms with Crippen LogP contribution in [0.3, 0.4) is 0 Å². The smallest absolute Gasteiger partial charge is 0.308 e. The SMILES string of the molecule is CNCC(=O)NCC(CC(C)C)C(=O)O. The summed E-state index contributed by atoms with van der Waals surface area (Å²) in [6.07, 6.45) is 0.579. The fraction of sp³-hybridized carbons (Fsp3) is 0.800. The maximum atomic E-state index is 11.1. The standard InChI is InChI=1S/C10H20N2O3/c1-7(2)4-8(10(14)15)5-12-9(13)6-11-3/h7-8,11H,4-6H2,1-3H3,(H,12,13)(H,14,15). The number of carboxylic acid groups (broad SMARTS) is 1. The van der Waals surface area contributed by atoms with Crippen molar-refractivity contribution in [2.45, 2.75) is 20.3 Å². The summed E-state index contributed by atoms with van der Waals surface area (Å²) in [5.74, 6) is -1.21. The number of rotatable bonds is 7. The quantitative estimate of drug-likeness (QED) is 0.562. The summed E-state index contributed by atoms with van der Waals surface area (Å²) in [5.41, 5.74) is 0. The van der Waals surface area contributed by atoms with Gasteiger partial charge >= 0.3 is 5.97 Å². The Hall–Kier alpha value is -1.10. The molecule has 0 aromatic carbocycles. The van der Waals surface area contributed by atoms with E-state index in [1.165, 1.54) is 0 Å². The van der Waals surface area contributed by atoms with Gasteiger partial charge in [-0.3, -0.25) is 9.59 Å². The van der Waals surface area contributed by atoms with Gasteiger partial charge in [-0.15, -0.1) is 0 Å². The number of hydrogen-bond acceptors (Lipinski definition) is 3. The molecule has 5 nitrogen and oxygen atoms in total. The molecule has 0 spiro atoms. The summed E-state index contributed by atoms with van der Waals surface area (Å²) in [6, 6.07) is 0. The Labute approximate surface area is 90.2 Å². The van der Waals surface area contributed by atoms with Gasteiger partial charge in [-0.1, -0.05) is 13.8 Å². The molecule has 0 aliphatic heterocycles. The van der Waals surface area contributed by atoms with Gasteiger partial charge in [0.1, 0.15) is 0 Å². The molecule has 1 unspecified atom stereocenters. The van der Waals surface area contributed by atoms with Crippen LogP contribution in [0.4, 0.5) is 0 Å². The van der Waals surface area contributed by atoms with Gasteiger partial charge in [-0.25, -0.2) is 0 Å². The average molecular weight is 216 g/mol. The lowest BCUT2D eigenvalue weighted by Crippen LogP contribution is -2.37. The number of amides is 1. The second kappa shape index (κ2) is 7.23. The number of hydrogen-bond donors (Lipinski definition) is 3. The van der Waals surface area contributed by atoms with E-state index in [1.807, 2.05) is 13.8 Å². The number of nitrogens with one attached hydrogen (secondary N) is 2. The summed E-state index contributed by atoms with van der Waals surface area (Å²) < 4.78 is 0. The lowest BCUT2D eigenvalue weighted by Gasteiger charge is -2.15. The second-order valence-electron chi connectivity index (χ2n) is 4.00. The zero-order chi connectivity index (χ0) is 11.8. The molecule has 0 radical (unpaired) electrons. The molecule has 0 aliphatic carbocycles. The summed E-state index contributed by atoms with van der Waals surface area (Å²) in [5, 5.41) is 14.2. The van der Waals surface area contributed by atoms with Crippen molar-refractivity contribution in [2.75, 3.05) is 20.1 Å². The van der Waals surface area contributed by atoms with Crippen LogP contribution in [-0.4, -0.2) is 37.1 Å². The Morgan fingerprint density at radius 1 is 1.33 bits per heavy atom. The predicted molar refractivity (Wildman–Crippen MR) is 57.5 cm³/mol. The molecule has 5 heteroatoms. The minimum Gasteiger partial charge on any atom is -0.481 e. The highest BCUT2D eigenvalue weighted by Crippen LogP contribution is 2.10. The van der Waals surface area contributed by atoms with Crippen LogP contribution in [0.5, 0.6) is 0 Å². The normalized spacial score (nSPS) is 12.5. The molecule has 88 valence electrons. The number of aliphatic carboxylic acids is 1. The van der Waals surface area contributed by atoms with E-state index >= 15 is 0 Å². The third kappa shape index (κ3) is 6.90. The van der Waals surface area contributed by atoms with Gasteiger partial charge in [0.05, 0.1) is 12.5 Å². The Morgan fingerprint density at radius 3 is 2.33 bits per heavy atom. The molecule has 0 bridgehead atoms. The Bertz CT molecular complexity index is 217. The van der Waals surface area contributed by atoms with Crippen LogP contribution < -0.4 is 10.6 Å². The highest BCUT2D eigenvalue weighted by Gasteiger charge is 2.19. The first kappa shape index (κ1) is 13.9. The van der Waals surface area contributed by atoms with Crippen molar-refractivity contribution in [1.29, 1.82) is 0 Å². The summed E-state index contributed by atoms with van der Waals surface area (Å²) in [4.78, 5) is 21.9. The summed E-state index contributed by atoms with van der Waals surface area (Å²) >= 11 is 0. The van der Waals surface area contributed by atoms with Crippen molar-refractivity contribution in [3.05, 3.63) is 0 Å². The van der Waals surface area contributed by atoms with Gasteiger partial charge in [0.2, 0.25) is 5.91 Å². The van der Waals surface area contributed by atoms with Crippen LogP contribution >= 0.6 is 0 Å². The number of carbonyl (C=O) groups excluding carboxylic acids is 1. The minimum absolute atomic E-state index is 0.174. The maximum Gasteiger partial charge on any atom is 0.308 e. The van der Waals surface area contributed by atoms with E-state index in [-0.39, 0.29) is 19.0 Å². The zero-order valence-corrected chi connectivity index (χ0v) is 9.54. The van der Waals surface area contributed by atoms with Crippen molar-refractivity contribution in [2.24, 2.45) is 11.8 Å². The lowest BCUT2D eigenvalue weighted by molar-refractivity contribution is -0.142. The van der Waals surface area contributed by atoms with E-state index in [4.69, 9.17) is 5.11 Å². The predicted octanol–water partition coefficient (Wildman–Crippen LogP) is 0.0689. The molecule has 0 aromatic heterocycles. The van der Waals surface area contributed by atoms with Gasteiger partial charge in [-0.05, 0) is 19.4 Å². The van der Waals surface area contributed by atoms with Gasteiger partial charge in [0.15, 0.2) is 0 Å². The zero-order valence-electron chi connectivity index (χ0n) is 9.54. The molecule has 0 aromatic rings. The van der Waals surface area contributed by atoms with Crippen LogP contribution in [0, 0.1) is 11.8 Å². The minimum atomic E-state index is -0.853. The molecule has 0 saturated heterocycles. The molecule has 0 saturated carbocycles. The molecule has 0 heterocycles. The van der Waals surface area contributed by atoms with Crippen molar-refractivity contribution in [1.82, 2.24) is 10.6 Å². The third-order valence-electron chi connectivity index (χ3n) is 1.99. The molecular weight excluding hydrogens is 196 g/mol. The number of carboxylic acids is 1. The Morgan fingerprint density at radius 2 is 1.93 bits per heavy atom. The summed E-state index contributed by atoms with van der Waals surface area (Å²) in [7, 11) is 1.67. The maximum absolute atomic E-state index is 11.1. The highest BCUT2D eigenvalue weighted by molar-refractivity contribution is 5.79. The number of likely N-dealkylation sites (N-methyl/N-ethyl adjacent to an activating group) is 1. The molecule has 0 aliphatic rings. The van der Waals surface area contributed by atoms with Crippen LogP contribution in [0.1, 0.15) is 20.3 Å². The van der Waals surface area contributed by atoms with E-state index < -0.39 is 11.9 Å². The van der Waals surface area contributed by atoms with Gasteiger partial charge < -0.3 is 15.7 Å².